The van der Waals surface area contributed by atoms with Crippen molar-refractivity contribution in [1.82, 2.24) is 9.97 Å². The Kier molecular flexibility index (Phi) is 4.75. The highest BCUT2D eigenvalue weighted by molar-refractivity contribution is 5.29. The smallest absolute Gasteiger partial charge is 0.223 e. The molecule has 1 saturated carbocycles. The van der Waals surface area contributed by atoms with Crippen LogP contribution in [-0.4, -0.2) is 27.7 Å². The molecular formula is C15H25N3O. The Morgan fingerprint density at radius 2 is 2.16 bits per heavy atom. The number of hydrogen-bond acceptors (Lipinski definition) is 4. The molecular weight excluding hydrogens is 238 g/mol. The van der Waals surface area contributed by atoms with Crippen molar-refractivity contribution in [2.45, 2.75) is 58.5 Å². The molecule has 1 aliphatic rings. The third-order valence-electron chi connectivity index (χ3n) is 3.77. The minimum atomic E-state index is -0.120. The SMILES string of the molecule is Cc1cc(C(C)C)nc(NCC2CCCC(O)C2)n1. The van der Waals surface area contributed by atoms with Crippen LogP contribution in [0, 0.1) is 12.8 Å². The van der Waals surface area contributed by atoms with Crippen LogP contribution in [0.4, 0.5) is 5.95 Å². The van der Waals surface area contributed by atoms with Crippen LogP contribution in [0.2, 0.25) is 0 Å². The number of aromatic nitrogens is 2. The molecule has 2 rings (SSSR count). The van der Waals surface area contributed by atoms with E-state index in [1.165, 1.54) is 6.42 Å². The van der Waals surface area contributed by atoms with Gasteiger partial charge in [0.1, 0.15) is 0 Å². The van der Waals surface area contributed by atoms with Crippen LogP contribution in [0.15, 0.2) is 6.07 Å². The van der Waals surface area contributed by atoms with Gasteiger partial charge in [0, 0.05) is 17.9 Å². The lowest BCUT2D eigenvalue weighted by Gasteiger charge is -2.26. The molecule has 1 aliphatic carbocycles. The number of aryl methyl sites for hydroxylation is 1. The molecule has 106 valence electrons. The van der Waals surface area contributed by atoms with Crippen molar-refractivity contribution in [3.63, 3.8) is 0 Å². The lowest BCUT2D eigenvalue weighted by Crippen LogP contribution is -2.25. The van der Waals surface area contributed by atoms with E-state index in [1.54, 1.807) is 0 Å². The van der Waals surface area contributed by atoms with Gasteiger partial charge in [-0.1, -0.05) is 20.3 Å². The van der Waals surface area contributed by atoms with Crippen molar-refractivity contribution in [3.05, 3.63) is 17.5 Å². The van der Waals surface area contributed by atoms with Crippen molar-refractivity contribution in [1.29, 1.82) is 0 Å². The highest BCUT2D eigenvalue weighted by Gasteiger charge is 2.20. The van der Waals surface area contributed by atoms with Crippen molar-refractivity contribution in [2.75, 3.05) is 11.9 Å². The predicted octanol–water partition coefficient (Wildman–Crippen LogP) is 2.87. The Labute approximate surface area is 115 Å². The summed E-state index contributed by atoms with van der Waals surface area (Å²) < 4.78 is 0. The van der Waals surface area contributed by atoms with E-state index in [0.29, 0.717) is 11.8 Å². The van der Waals surface area contributed by atoms with Gasteiger partial charge in [-0.2, -0.15) is 0 Å². The Balaban J connectivity index is 1.95. The van der Waals surface area contributed by atoms with Crippen LogP contribution in [0.3, 0.4) is 0 Å². The predicted molar refractivity (Wildman–Crippen MR) is 77.3 cm³/mol. The highest BCUT2D eigenvalue weighted by Crippen LogP contribution is 2.24. The summed E-state index contributed by atoms with van der Waals surface area (Å²) in [5.41, 5.74) is 2.09. The van der Waals surface area contributed by atoms with Crippen LogP contribution in [-0.2, 0) is 0 Å². The number of nitrogens with zero attached hydrogens (tertiary/aromatic N) is 2. The fourth-order valence-electron chi connectivity index (χ4n) is 2.65. The fourth-order valence-corrected chi connectivity index (χ4v) is 2.65. The summed E-state index contributed by atoms with van der Waals surface area (Å²) in [7, 11) is 0. The van der Waals surface area contributed by atoms with Gasteiger partial charge >= 0.3 is 0 Å². The molecule has 0 aliphatic heterocycles. The molecule has 2 unspecified atom stereocenters. The van der Waals surface area contributed by atoms with Crippen molar-refractivity contribution < 1.29 is 5.11 Å². The summed E-state index contributed by atoms with van der Waals surface area (Å²) in [4.78, 5) is 8.99. The van der Waals surface area contributed by atoms with Crippen LogP contribution in [0.5, 0.6) is 0 Å². The standard InChI is InChI=1S/C15H25N3O/c1-10(2)14-7-11(3)17-15(18-14)16-9-12-5-4-6-13(19)8-12/h7,10,12-13,19H,4-6,8-9H2,1-3H3,(H,16,17,18). The zero-order chi connectivity index (χ0) is 13.8. The monoisotopic (exact) mass is 263 g/mol. The first kappa shape index (κ1) is 14.3. The topological polar surface area (TPSA) is 58.0 Å². The molecule has 1 aromatic rings. The summed E-state index contributed by atoms with van der Waals surface area (Å²) in [6, 6.07) is 2.04. The van der Waals surface area contributed by atoms with Gasteiger partial charge in [0.05, 0.1) is 6.10 Å². The number of hydrogen-bond donors (Lipinski definition) is 2. The van der Waals surface area contributed by atoms with Gasteiger partial charge in [0.15, 0.2) is 0 Å². The first-order valence-corrected chi connectivity index (χ1v) is 7.32. The van der Waals surface area contributed by atoms with Gasteiger partial charge in [-0.05, 0) is 44.1 Å². The van der Waals surface area contributed by atoms with E-state index in [4.69, 9.17) is 0 Å². The van der Waals surface area contributed by atoms with Crippen LogP contribution >= 0.6 is 0 Å². The largest absolute Gasteiger partial charge is 0.393 e. The third kappa shape index (κ3) is 4.16. The molecule has 19 heavy (non-hydrogen) atoms. The van der Waals surface area contributed by atoms with E-state index in [9.17, 15) is 5.11 Å². The van der Waals surface area contributed by atoms with Crippen molar-refractivity contribution in [2.24, 2.45) is 5.92 Å². The van der Waals surface area contributed by atoms with Crippen LogP contribution in [0.1, 0.15) is 56.8 Å². The van der Waals surface area contributed by atoms with Gasteiger partial charge in [-0.25, -0.2) is 9.97 Å². The van der Waals surface area contributed by atoms with Gasteiger partial charge in [0.2, 0.25) is 5.95 Å². The minimum absolute atomic E-state index is 0.120. The third-order valence-corrected chi connectivity index (χ3v) is 3.77. The normalized spacial score (nSPS) is 23.6. The second kappa shape index (κ2) is 6.33. The molecule has 4 heteroatoms. The van der Waals surface area contributed by atoms with Gasteiger partial charge in [-0.15, -0.1) is 0 Å². The van der Waals surface area contributed by atoms with Crippen molar-refractivity contribution >= 4 is 5.95 Å². The number of rotatable bonds is 4. The minimum Gasteiger partial charge on any atom is -0.393 e. The van der Waals surface area contributed by atoms with E-state index >= 15 is 0 Å². The average molecular weight is 263 g/mol. The second-order valence-electron chi connectivity index (χ2n) is 5.98. The Hall–Kier alpha value is -1.16. The maximum atomic E-state index is 9.68. The number of nitrogens with one attached hydrogen (secondary N) is 1. The average Bonchev–Trinajstić information content (AvgIpc) is 2.36. The maximum Gasteiger partial charge on any atom is 0.223 e. The lowest BCUT2D eigenvalue weighted by atomic mass is 9.87. The molecule has 0 aromatic carbocycles. The molecule has 0 bridgehead atoms. The number of aliphatic hydroxyl groups excluding tert-OH is 1. The molecule has 0 radical (unpaired) electrons. The summed E-state index contributed by atoms with van der Waals surface area (Å²) in [6.45, 7) is 7.15. The molecule has 0 spiro atoms. The van der Waals surface area contributed by atoms with Crippen LogP contribution in [0.25, 0.3) is 0 Å². The molecule has 1 heterocycles. The van der Waals surface area contributed by atoms with E-state index in [-0.39, 0.29) is 6.10 Å². The Morgan fingerprint density at radius 1 is 1.37 bits per heavy atom. The van der Waals surface area contributed by atoms with E-state index in [0.717, 1.165) is 43.1 Å². The molecule has 0 saturated heterocycles. The zero-order valence-electron chi connectivity index (χ0n) is 12.2. The van der Waals surface area contributed by atoms with E-state index < -0.39 is 0 Å². The first-order chi connectivity index (χ1) is 9.04. The second-order valence-corrected chi connectivity index (χ2v) is 5.98. The Bertz CT molecular complexity index is 420. The van der Waals surface area contributed by atoms with Crippen molar-refractivity contribution in [3.8, 4) is 0 Å². The fraction of sp³-hybridized carbons (Fsp3) is 0.733. The summed E-state index contributed by atoms with van der Waals surface area (Å²) in [6.07, 6.45) is 4.04. The van der Waals surface area contributed by atoms with Gasteiger partial charge in [-0.3, -0.25) is 0 Å². The quantitative estimate of drug-likeness (QED) is 0.877. The highest BCUT2D eigenvalue weighted by atomic mass is 16.3. The zero-order valence-corrected chi connectivity index (χ0v) is 12.2. The number of anilines is 1. The van der Waals surface area contributed by atoms with Gasteiger partial charge < -0.3 is 10.4 Å². The van der Waals surface area contributed by atoms with E-state index in [1.807, 2.05) is 13.0 Å². The summed E-state index contributed by atoms with van der Waals surface area (Å²) >= 11 is 0. The maximum absolute atomic E-state index is 9.68. The summed E-state index contributed by atoms with van der Waals surface area (Å²) in [5.74, 6) is 1.68. The molecule has 2 N–H and O–H groups in total. The van der Waals surface area contributed by atoms with E-state index in [2.05, 4.69) is 29.1 Å². The molecule has 2 atom stereocenters. The first-order valence-electron chi connectivity index (χ1n) is 7.32. The van der Waals surface area contributed by atoms with Gasteiger partial charge in [0.25, 0.3) is 0 Å². The molecule has 1 fully saturated rings. The molecule has 4 nitrogen and oxygen atoms in total. The molecule has 0 amide bonds. The summed E-state index contributed by atoms with van der Waals surface area (Å²) in [5, 5.41) is 13.0. The van der Waals surface area contributed by atoms with Crippen LogP contribution < -0.4 is 5.32 Å². The lowest BCUT2D eigenvalue weighted by molar-refractivity contribution is 0.104. The molecule has 1 aromatic heterocycles. The Morgan fingerprint density at radius 3 is 2.84 bits per heavy atom. The number of aliphatic hydroxyl groups is 1.